The number of aromatic nitrogens is 4. The molecule has 3 heterocycles. The van der Waals surface area contributed by atoms with Gasteiger partial charge in [0.2, 0.25) is 0 Å². The van der Waals surface area contributed by atoms with Gasteiger partial charge in [0, 0.05) is 23.5 Å². The highest BCUT2D eigenvalue weighted by molar-refractivity contribution is 5.90. The van der Waals surface area contributed by atoms with Crippen molar-refractivity contribution in [3.8, 4) is 5.69 Å². The number of pyridine rings is 2. The third-order valence-corrected chi connectivity index (χ3v) is 5.42. The van der Waals surface area contributed by atoms with Crippen molar-refractivity contribution in [3.63, 3.8) is 0 Å². The van der Waals surface area contributed by atoms with E-state index in [-0.39, 0.29) is 0 Å². The van der Waals surface area contributed by atoms with E-state index < -0.39 is 0 Å². The molecule has 28 heavy (non-hydrogen) atoms. The molecule has 0 amide bonds. The minimum atomic E-state index is 0.997. The normalized spacial score (nSPS) is 15.5. The molecular formula is C24H22N4. The number of nitrogens with zero attached hydrogens (tertiary/aromatic N) is 4. The Kier molecular flexibility index (Phi) is 4.24. The Bertz CT molecular complexity index is 1170. The smallest absolute Gasteiger partial charge is 0.0744 e. The molecular weight excluding hydrogens is 344 g/mol. The highest BCUT2D eigenvalue weighted by Gasteiger charge is 2.16. The lowest BCUT2D eigenvalue weighted by molar-refractivity contribution is 0.772. The van der Waals surface area contributed by atoms with Crippen LogP contribution in [-0.4, -0.2) is 19.7 Å². The Hall–Kier alpha value is -3.27. The summed E-state index contributed by atoms with van der Waals surface area (Å²) in [4.78, 5) is 8.80. The van der Waals surface area contributed by atoms with Crippen LogP contribution in [0.2, 0.25) is 0 Å². The van der Waals surface area contributed by atoms with E-state index in [0.29, 0.717) is 0 Å². The first kappa shape index (κ1) is 16.9. The van der Waals surface area contributed by atoms with Gasteiger partial charge in [-0.25, -0.2) is 4.68 Å². The zero-order chi connectivity index (χ0) is 18.9. The Balaban J connectivity index is 1.66. The van der Waals surface area contributed by atoms with Gasteiger partial charge in [-0.2, -0.15) is 5.10 Å². The Morgan fingerprint density at radius 3 is 2.75 bits per heavy atom. The van der Waals surface area contributed by atoms with Gasteiger partial charge in [0.1, 0.15) is 0 Å². The quantitative estimate of drug-likeness (QED) is 0.447. The van der Waals surface area contributed by atoms with Crippen LogP contribution in [0.25, 0.3) is 28.2 Å². The van der Waals surface area contributed by atoms with Crippen molar-refractivity contribution < 1.29 is 0 Å². The van der Waals surface area contributed by atoms with E-state index >= 15 is 0 Å². The summed E-state index contributed by atoms with van der Waals surface area (Å²) in [7, 11) is 0. The molecule has 0 unspecified atom stereocenters. The third-order valence-electron chi connectivity index (χ3n) is 5.42. The van der Waals surface area contributed by atoms with Crippen LogP contribution in [0.5, 0.6) is 0 Å². The van der Waals surface area contributed by atoms with Crippen molar-refractivity contribution in [3.05, 3.63) is 83.6 Å². The molecule has 0 saturated heterocycles. The van der Waals surface area contributed by atoms with E-state index in [2.05, 4.69) is 45.4 Å². The first-order valence-electron chi connectivity index (χ1n) is 9.83. The largest absolute Gasteiger partial charge is 0.261 e. The predicted molar refractivity (Wildman–Crippen MR) is 113 cm³/mol. The Morgan fingerprint density at radius 1 is 0.964 bits per heavy atom. The maximum atomic E-state index is 4.67. The van der Waals surface area contributed by atoms with Gasteiger partial charge in [0.05, 0.1) is 23.1 Å². The summed E-state index contributed by atoms with van der Waals surface area (Å²) in [6, 6.07) is 14.8. The van der Waals surface area contributed by atoms with Gasteiger partial charge in [0.15, 0.2) is 0 Å². The topological polar surface area (TPSA) is 43.6 Å². The van der Waals surface area contributed by atoms with Crippen LogP contribution >= 0.6 is 0 Å². The van der Waals surface area contributed by atoms with Gasteiger partial charge in [-0.15, -0.1) is 0 Å². The number of fused-ring (bicyclic) bond motifs is 2. The zero-order valence-electron chi connectivity index (χ0n) is 16.0. The summed E-state index contributed by atoms with van der Waals surface area (Å²) in [5.74, 6) is 0. The maximum Gasteiger partial charge on any atom is 0.0744 e. The molecule has 0 bridgehead atoms. The van der Waals surface area contributed by atoms with Crippen molar-refractivity contribution in [2.75, 3.05) is 0 Å². The minimum Gasteiger partial charge on any atom is -0.261 e. The lowest BCUT2D eigenvalue weighted by Crippen LogP contribution is -1.98. The van der Waals surface area contributed by atoms with Crippen LogP contribution in [0.4, 0.5) is 0 Å². The zero-order valence-corrected chi connectivity index (χ0v) is 16.0. The Morgan fingerprint density at radius 2 is 1.89 bits per heavy atom. The van der Waals surface area contributed by atoms with Crippen molar-refractivity contribution in [1.29, 1.82) is 0 Å². The number of aryl methyl sites for hydroxylation is 2. The average Bonchev–Trinajstić information content (AvgIpc) is 3.03. The molecule has 0 fully saturated rings. The standard InChI is InChI=1S/C24H22N4/c1-17-12-22(9-11-25-17)28-24-15-19-7-3-2-6-18(13-21-8-4-5-10-26-21)23(19)14-20(24)16-27-28/h4-5,8-16H,2-3,6-7H2,1H3. The van der Waals surface area contributed by atoms with Crippen LogP contribution in [-0.2, 0) is 6.42 Å². The van der Waals surface area contributed by atoms with Crippen LogP contribution in [0.15, 0.2) is 61.1 Å². The summed E-state index contributed by atoms with van der Waals surface area (Å²) in [6.45, 7) is 2.01. The Labute approximate surface area is 164 Å². The number of hydrogen-bond acceptors (Lipinski definition) is 3. The summed E-state index contributed by atoms with van der Waals surface area (Å²) >= 11 is 0. The molecule has 5 rings (SSSR count). The lowest BCUT2D eigenvalue weighted by Gasteiger charge is -2.11. The van der Waals surface area contributed by atoms with Crippen molar-refractivity contribution in [2.24, 2.45) is 0 Å². The van der Waals surface area contributed by atoms with Crippen LogP contribution < -0.4 is 0 Å². The second kappa shape index (κ2) is 7.04. The van der Waals surface area contributed by atoms with Gasteiger partial charge in [-0.1, -0.05) is 6.07 Å². The first-order chi connectivity index (χ1) is 13.8. The van der Waals surface area contributed by atoms with E-state index in [1.54, 1.807) is 0 Å². The summed E-state index contributed by atoms with van der Waals surface area (Å²) in [6.07, 6.45) is 12.5. The molecule has 0 aliphatic heterocycles. The van der Waals surface area contributed by atoms with Crippen LogP contribution in [0.1, 0.15) is 41.8 Å². The summed E-state index contributed by atoms with van der Waals surface area (Å²) in [5, 5.41) is 5.84. The fraction of sp³-hybridized carbons (Fsp3) is 0.208. The minimum absolute atomic E-state index is 0.997. The molecule has 0 atom stereocenters. The highest BCUT2D eigenvalue weighted by Crippen LogP contribution is 2.34. The molecule has 138 valence electrons. The van der Waals surface area contributed by atoms with E-state index in [1.807, 2.05) is 48.4 Å². The molecule has 1 aliphatic rings. The third kappa shape index (κ3) is 3.11. The molecule has 0 radical (unpaired) electrons. The van der Waals surface area contributed by atoms with Crippen LogP contribution in [0.3, 0.4) is 0 Å². The summed E-state index contributed by atoms with van der Waals surface area (Å²) in [5.41, 5.74) is 8.36. The molecule has 4 heteroatoms. The number of rotatable bonds is 2. The monoisotopic (exact) mass is 366 g/mol. The van der Waals surface area contributed by atoms with Crippen molar-refractivity contribution in [1.82, 2.24) is 19.7 Å². The van der Waals surface area contributed by atoms with Gasteiger partial charge < -0.3 is 0 Å². The second-order valence-electron chi connectivity index (χ2n) is 7.41. The molecule has 0 spiro atoms. The molecule has 4 aromatic rings. The molecule has 1 aliphatic carbocycles. The van der Waals surface area contributed by atoms with Crippen molar-refractivity contribution >= 4 is 22.6 Å². The molecule has 3 aromatic heterocycles. The van der Waals surface area contributed by atoms with E-state index in [0.717, 1.165) is 35.4 Å². The highest BCUT2D eigenvalue weighted by atomic mass is 15.3. The van der Waals surface area contributed by atoms with Crippen LogP contribution in [0, 0.1) is 6.92 Å². The number of allylic oxidation sites excluding steroid dienone is 1. The van der Waals surface area contributed by atoms with E-state index in [9.17, 15) is 0 Å². The van der Waals surface area contributed by atoms with E-state index in [4.69, 9.17) is 0 Å². The van der Waals surface area contributed by atoms with E-state index in [1.165, 1.54) is 34.9 Å². The van der Waals surface area contributed by atoms with Gasteiger partial charge in [0.25, 0.3) is 0 Å². The van der Waals surface area contributed by atoms with Crippen molar-refractivity contribution in [2.45, 2.75) is 32.6 Å². The lowest BCUT2D eigenvalue weighted by atomic mass is 9.96. The molecule has 4 nitrogen and oxygen atoms in total. The summed E-state index contributed by atoms with van der Waals surface area (Å²) < 4.78 is 2.03. The maximum absolute atomic E-state index is 4.67. The van der Waals surface area contributed by atoms with Gasteiger partial charge in [-0.05, 0) is 91.8 Å². The molecule has 0 saturated carbocycles. The molecule has 0 N–H and O–H groups in total. The first-order valence-corrected chi connectivity index (χ1v) is 9.83. The molecule has 1 aromatic carbocycles. The predicted octanol–water partition coefficient (Wildman–Crippen LogP) is 5.39. The SMILES string of the molecule is Cc1cc(-n2ncc3cc4c(cc32)CCCCC4=Cc2ccccn2)ccn1. The fourth-order valence-corrected chi connectivity index (χ4v) is 4.05. The van der Waals surface area contributed by atoms with Gasteiger partial charge in [-0.3, -0.25) is 9.97 Å². The number of hydrogen-bond donors (Lipinski definition) is 0. The second-order valence-corrected chi connectivity index (χ2v) is 7.41. The van der Waals surface area contributed by atoms with Gasteiger partial charge >= 0.3 is 0 Å². The fourth-order valence-electron chi connectivity index (χ4n) is 4.05. The number of benzene rings is 1. The average molecular weight is 366 g/mol.